The Labute approximate surface area is 191 Å². The molecule has 0 unspecified atom stereocenters. The Morgan fingerprint density at radius 3 is 1.63 bits per heavy atom. The summed E-state index contributed by atoms with van der Waals surface area (Å²) in [6, 6.07) is 0. The van der Waals surface area contributed by atoms with Gasteiger partial charge in [0.1, 0.15) is 0 Å². The molecule has 0 saturated carbocycles. The van der Waals surface area contributed by atoms with E-state index in [1.54, 1.807) is 0 Å². The molecule has 4 nitrogen and oxygen atoms in total. The minimum atomic E-state index is -4.07. The van der Waals surface area contributed by atoms with E-state index < -0.39 is 10.1 Å². The first-order valence-corrected chi connectivity index (χ1v) is 12.4. The monoisotopic (exact) mass is 411 g/mol. The summed E-state index contributed by atoms with van der Waals surface area (Å²) in [5, 5.41) is 3.01. The van der Waals surface area contributed by atoms with Crippen LogP contribution in [0.4, 0.5) is 0 Å². The van der Waals surface area contributed by atoms with Crippen molar-refractivity contribution in [2.75, 3.05) is 18.8 Å². The van der Waals surface area contributed by atoms with Crippen LogP contribution in [0.2, 0.25) is 0 Å². The van der Waals surface area contributed by atoms with E-state index in [4.69, 9.17) is 0 Å². The molecule has 0 amide bonds. The second-order valence-electron chi connectivity index (χ2n) is 7.30. The molecule has 0 saturated heterocycles. The van der Waals surface area contributed by atoms with Crippen LogP contribution in [0.3, 0.4) is 0 Å². The molecule has 0 rings (SSSR count). The van der Waals surface area contributed by atoms with Gasteiger partial charge in [-0.05, 0) is 38.6 Å². The molecule has 0 aliphatic heterocycles. The van der Waals surface area contributed by atoms with Gasteiger partial charge in [-0.1, -0.05) is 83.3 Å². The molecule has 0 bridgehead atoms. The average molecular weight is 412 g/mol. The first-order chi connectivity index (χ1) is 12.6. The van der Waals surface area contributed by atoms with E-state index in [-0.39, 0.29) is 41.9 Å². The fourth-order valence-corrected chi connectivity index (χ4v) is 3.39. The zero-order valence-electron chi connectivity index (χ0n) is 18.0. The van der Waals surface area contributed by atoms with Crippen molar-refractivity contribution >= 4 is 10.1 Å². The minimum absolute atomic E-state index is 0. The van der Waals surface area contributed by atoms with Gasteiger partial charge in [-0.25, -0.2) is 8.42 Å². The maximum absolute atomic E-state index is 10.4. The van der Waals surface area contributed by atoms with Crippen molar-refractivity contribution in [2.45, 2.75) is 103 Å². The summed E-state index contributed by atoms with van der Waals surface area (Å²) in [5.74, 6) is -0.305. The van der Waals surface area contributed by atoms with Crippen molar-refractivity contribution in [1.82, 2.24) is 5.32 Å². The number of hydrogen-bond acceptors (Lipinski definition) is 4. The maximum Gasteiger partial charge on any atom is 1.00 e. The van der Waals surface area contributed by atoms with Crippen LogP contribution in [-0.4, -0.2) is 31.8 Å². The zero-order chi connectivity index (χ0) is 19.3. The Kier molecular flexibility index (Phi) is 25.3. The van der Waals surface area contributed by atoms with E-state index in [1.165, 1.54) is 89.9 Å². The van der Waals surface area contributed by atoms with E-state index in [1.807, 2.05) is 0 Å². The number of rotatable bonds is 20. The van der Waals surface area contributed by atoms with Crippen LogP contribution in [0.25, 0.3) is 0 Å². The Bertz CT molecular complexity index is 414. The minimum Gasteiger partial charge on any atom is -0.748 e. The summed E-state index contributed by atoms with van der Waals surface area (Å²) < 4.78 is 31.3. The van der Waals surface area contributed by atoms with Crippen LogP contribution in [-0.2, 0) is 10.1 Å². The standard InChI is InChI=1S/C21H43NO3S.Na/c1-2-3-4-5-6-7-8-9-10-11-12-13-14-15-16-17-18-19-22-20-21-26(23,24)25;/h9-10,22H,2-8,11-21H2,1H3,(H,23,24,25);/q;+1/p-1/b10-9-;. The molecular weight excluding hydrogens is 369 g/mol. The molecule has 1 N–H and O–H groups in total. The van der Waals surface area contributed by atoms with Crippen LogP contribution < -0.4 is 34.9 Å². The topological polar surface area (TPSA) is 69.2 Å². The second-order valence-corrected chi connectivity index (χ2v) is 8.83. The quantitative estimate of drug-likeness (QED) is 0.145. The predicted octanol–water partition coefficient (Wildman–Crippen LogP) is 2.55. The van der Waals surface area contributed by atoms with E-state index in [0.29, 0.717) is 0 Å². The number of unbranched alkanes of at least 4 members (excludes halogenated alkanes) is 13. The fraction of sp³-hybridized carbons (Fsp3) is 0.905. The van der Waals surface area contributed by atoms with Gasteiger partial charge in [-0.2, -0.15) is 0 Å². The summed E-state index contributed by atoms with van der Waals surface area (Å²) in [6.07, 6.45) is 24.2. The Hall–Kier alpha value is 0.610. The molecule has 156 valence electrons. The molecule has 0 heterocycles. The van der Waals surface area contributed by atoms with E-state index in [0.717, 1.165) is 13.0 Å². The third kappa shape index (κ3) is 28.9. The number of hydrogen-bond donors (Lipinski definition) is 1. The molecule has 0 aromatic heterocycles. The van der Waals surface area contributed by atoms with Crippen molar-refractivity contribution < 1.29 is 42.5 Å². The molecule has 0 atom stereocenters. The molecule has 0 fully saturated rings. The normalized spacial score (nSPS) is 11.8. The van der Waals surface area contributed by atoms with Gasteiger partial charge in [0.2, 0.25) is 0 Å². The molecule has 0 spiro atoms. The SMILES string of the molecule is CCCCCCCC/C=C\CCCCCCCCCNCCS(=O)(=O)[O-].[Na+]. The van der Waals surface area contributed by atoms with Gasteiger partial charge in [0, 0.05) is 6.54 Å². The first-order valence-electron chi connectivity index (χ1n) is 10.9. The van der Waals surface area contributed by atoms with Crippen LogP contribution in [0.5, 0.6) is 0 Å². The third-order valence-corrected chi connectivity index (χ3v) is 5.35. The van der Waals surface area contributed by atoms with Crippen molar-refractivity contribution in [2.24, 2.45) is 0 Å². The van der Waals surface area contributed by atoms with Crippen LogP contribution in [0.15, 0.2) is 12.2 Å². The molecule has 0 aliphatic rings. The molecule has 0 radical (unpaired) electrons. The van der Waals surface area contributed by atoms with E-state index in [2.05, 4.69) is 24.4 Å². The Morgan fingerprint density at radius 2 is 1.15 bits per heavy atom. The third-order valence-electron chi connectivity index (χ3n) is 4.64. The van der Waals surface area contributed by atoms with Gasteiger partial charge in [-0.15, -0.1) is 0 Å². The van der Waals surface area contributed by atoms with Gasteiger partial charge in [0.15, 0.2) is 0 Å². The van der Waals surface area contributed by atoms with Gasteiger partial charge in [0.05, 0.1) is 15.9 Å². The first kappa shape index (κ1) is 29.8. The number of nitrogens with one attached hydrogen (secondary N) is 1. The molecular formula is C21H42NNaO3S. The van der Waals surface area contributed by atoms with Gasteiger partial charge in [-0.3, -0.25) is 0 Å². The smallest absolute Gasteiger partial charge is 0.748 e. The summed E-state index contributed by atoms with van der Waals surface area (Å²) >= 11 is 0. The summed E-state index contributed by atoms with van der Waals surface area (Å²) in [4.78, 5) is 0. The van der Waals surface area contributed by atoms with Crippen molar-refractivity contribution in [3.8, 4) is 0 Å². The van der Waals surface area contributed by atoms with Crippen molar-refractivity contribution in [1.29, 1.82) is 0 Å². The largest absolute Gasteiger partial charge is 1.00 e. The van der Waals surface area contributed by atoms with Gasteiger partial charge >= 0.3 is 29.6 Å². The van der Waals surface area contributed by atoms with Crippen LogP contribution in [0.1, 0.15) is 103 Å². The Balaban J connectivity index is 0. The molecule has 0 aromatic carbocycles. The van der Waals surface area contributed by atoms with Crippen molar-refractivity contribution in [3.63, 3.8) is 0 Å². The van der Waals surface area contributed by atoms with Crippen LogP contribution in [0, 0.1) is 0 Å². The predicted molar refractivity (Wildman–Crippen MR) is 112 cm³/mol. The average Bonchev–Trinajstić information content (AvgIpc) is 2.59. The Morgan fingerprint density at radius 1 is 0.704 bits per heavy atom. The van der Waals surface area contributed by atoms with Crippen LogP contribution >= 0.6 is 0 Å². The van der Waals surface area contributed by atoms with Crippen molar-refractivity contribution in [3.05, 3.63) is 12.2 Å². The molecule has 0 aliphatic carbocycles. The fourth-order valence-electron chi connectivity index (χ4n) is 3.00. The van der Waals surface area contributed by atoms with E-state index >= 15 is 0 Å². The second kappa shape index (κ2) is 22.9. The molecule has 0 aromatic rings. The number of allylic oxidation sites excluding steroid dienone is 2. The summed E-state index contributed by atoms with van der Waals surface area (Å²) in [6.45, 7) is 3.34. The van der Waals surface area contributed by atoms with Gasteiger partial charge in [0.25, 0.3) is 0 Å². The molecule has 6 heteroatoms. The summed E-state index contributed by atoms with van der Waals surface area (Å²) in [7, 11) is -4.07. The zero-order valence-corrected chi connectivity index (χ0v) is 20.8. The van der Waals surface area contributed by atoms with E-state index in [9.17, 15) is 13.0 Å². The molecule has 27 heavy (non-hydrogen) atoms. The van der Waals surface area contributed by atoms with Gasteiger partial charge < -0.3 is 9.87 Å². The maximum atomic E-state index is 10.4. The summed E-state index contributed by atoms with van der Waals surface area (Å²) in [5.41, 5.74) is 0.